The van der Waals surface area contributed by atoms with Crippen LogP contribution >= 0.6 is 0 Å². The molecule has 16 heteroatoms. The van der Waals surface area contributed by atoms with Crippen LogP contribution in [0.5, 0.6) is 0 Å². The Labute approximate surface area is 192 Å². The molecular formula is C18H27N7O9. The summed E-state index contributed by atoms with van der Waals surface area (Å²) in [5.74, 6) is -6.57. The summed E-state index contributed by atoms with van der Waals surface area (Å²) < 4.78 is 0. The highest BCUT2D eigenvalue weighted by Crippen LogP contribution is 2.04. The molecule has 0 saturated carbocycles. The number of aromatic nitrogens is 2. The van der Waals surface area contributed by atoms with Crippen molar-refractivity contribution < 1.29 is 44.1 Å². The molecule has 4 atom stereocenters. The van der Waals surface area contributed by atoms with Gasteiger partial charge in [-0.05, 0) is 6.42 Å². The maximum atomic E-state index is 12.9. The summed E-state index contributed by atoms with van der Waals surface area (Å²) >= 11 is 0. The number of nitrogens with one attached hydrogen (secondary N) is 4. The molecular weight excluding hydrogens is 458 g/mol. The Hall–Kier alpha value is -4.05. The molecule has 0 aliphatic carbocycles. The van der Waals surface area contributed by atoms with Crippen LogP contribution in [0, 0.1) is 0 Å². The smallest absolute Gasteiger partial charge is 0.328 e. The molecule has 0 aliphatic rings. The molecule has 0 fully saturated rings. The molecule has 0 aliphatic heterocycles. The highest BCUT2D eigenvalue weighted by molar-refractivity contribution is 5.95. The number of aliphatic hydroxyl groups is 1. The normalized spacial score (nSPS) is 14.2. The largest absolute Gasteiger partial charge is 0.481 e. The highest BCUT2D eigenvalue weighted by Gasteiger charge is 2.31. The molecule has 188 valence electrons. The summed E-state index contributed by atoms with van der Waals surface area (Å²) in [6.45, 7) is -0.947. The Balaban J connectivity index is 3.05. The number of H-pyrrole nitrogens is 1. The van der Waals surface area contributed by atoms with Gasteiger partial charge in [-0.15, -0.1) is 0 Å². The van der Waals surface area contributed by atoms with Crippen molar-refractivity contribution in [3.05, 3.63) is 18.2 Å². The van der Waals surface area contributed by atoms with E-state index in [1.807, 2.05) is 5.32 Å². The summed E-state index contributed by atoms with van der Waals surface area (Å²) in [5.41, 5.74) is 11.0. The van der Waals surface area contributed by atoms with Crippen molar-refractivity contribution in [1.82, 2.24) is 25.9 Å². The molecule has 1 aromatic heterocycles. The third-order valence-corrected chi connectivity index (χ3v) is 4.45. The van der Waals surface area contributed by atoms with Crippen molar-refractivity contribution in [1.29, 1.82) is 0 Å². The van der Waals surface area contributed by atoms with Crippen LogP contribution in [0.25, 0.3) is 0 Å². The number of aromatic amines is 1. The number of carbonyl (C=O) groups is 6. The number of carbonyl (C=O) groups excluding carboxylic acids is 4. The van der Waals surface area contributed by atoms with E-state index in [9.17, 15) is 28.8 Å². The zero-order chi connectivity index (χ0) is 25.8. The molecule has 0 saturated heterocycles. The number of nitrogens with two attached hydrogens (primary N) is 2. The molecule has 4 amide bonds. The zero-order valence-corrected chi connectivity index (χ0v) is 17.9. The lowest BCUT2D eigenvalue weighted by molar-refractivity contribution is -0.144. The van der Waals surface area contributed by atoms with Gasteiger partial charge in [0.25, 0.3) is 0 Å². The van der Waals surface area contributed by atoms with E-state index >= 15 is 0 Å². The lowest BCUT2D eigenvalue weighted by atomic mass is 10.1. The number of aliphatic hydroxyl groups excluding tert-OH is 1. The lowest BCUT2D eigenvalue weighted by Crippen LogP contribution is -2.58. The first kappa shape index (κ1) is 28.0. The number of hydrogen-bond donors (Lipinski definition) is 9. The number of primary amides is 1. The molecule has 16 nitrogen and oxygen atoms in total. The summed E-state index contributed by atoms with van der Waals surface area (Å²) in [6.07, 6.45) is 1.05. The van der Waals surface area contributed by atoms with Gasteiger partial charge in [0.1, 0.15) is 18.1 Å². The molecule has 0 aromatic carbocycles. The van der Waals surface area contributed by atoms with Gasteiger partial charge in [0.05, 0.1) is 25.4 Å². The maximum absolute atomic E-state index is 12.9. The van der Waals surface area contributed by atoms with Gasteiger partial charge in [0.15, 0.2) is 0 Å². The monoisotopic (exact) mass is 485 g/mol. The number of amides is 4. The first-order valence-corrected chi connectivity index (χ1v) is 9.92. The molecule has 34 heavy (non-hydrogen) atoms. The van der Waals surface area contributed by atoms with Crippen LogP contribution in [-0.4, -0.2) is 91.6 Å². The SMILES string of the molecule is NC(=O)CC(N)C(=O)NC(Cc1cnc[nH]1)C(=O)NC(CCC(=O)O)C(=O)NC(CO)C(=O)O. The van der Waals surface area contributed by atoms with E-state index in [2.05, 4.69) is 20.6 Å². The molecule has 1 heterocycles. The van der Waals surface area contributed by atoms with Gasteiger partial charge in [0.2, 0.25) is 23.6 Å². The van der Waals surface area contributed by atoms with E-state index in [4.69, 9.17) is 26.8 Å². The third kappa shape index (κ3) is 9.61. The second-order valence-corrected chi connectivity index (χ2v) is 7.19. The molecule has 0 radical (unpaired) electrons. The Kier molecular flexibility index (Phi) is 11.1. The number of imidazole rings is 1. The van der Waals surface area contributed by atoms with E-state index in [0.717, 1.165) is 0 Å². The molecule has 4 unspecified atom stereocenters. The van der Waals surface area contributed by atoms with Crippen molar-refractivity contribution in [3.8, 4) is 0 Å². The second kappa shape index (κ2) is 13.5. The fourth-order valence-corrected chi connectivity index (χ4v) is 2.68. The van der Waals surface area contributed by atoms with Gasteiger partial charge in [0, 0.05) is 24.7 Å². The van der Waals surface area contributed by atoms with Crippen LogP contribution in [-0.2, 0) is 35.2 Å². The highest BCUT2D eigenvalue weighted by atomic mass is 16.4. The van der Waals surface area contributed by atoms with Crippen molar-refractivity contribution in [3.63, 3.8) is 0 Å². The maximum Gasteiger partial charge on any atom is 0.328 e. The number of hydrogen-bond acceptors (Lipinski definition) is 9. The average Bonchev–Trinajstić information content (AvgIpc) is 3.26. The molecule has 1 aromatic rings. The second-order valence-electron chi connectivity index (χ2n) is 7.19. The summed E-state index contributed by atoms with van der Waals surface area (Å²) in [7, 11) is 0. The van der Waals surface area contributed by atoms with Crippen LogP contribution in [0.15, 0.2) is 12.5 Å². The number of rotatable bonds is 15. The van der Waals surface area contributed by atoms with Crippen LogP contribution < -0.4 is 27.4 Å². The van der Waals surface area contributed by atoms with E-state index in [1.54, 1.807) is 0 Å². The van der Waals surface area contributed by atoms with Gasteiger partial charge >= 0.3 is 11.9 Å². The first-order chi connectivity index (χ1) is 15.9. The molecule has 0 spiro atoms. The predicted molar refractivity (Wildman–Crippen MR) is 111 cm³/mol. The minimum atomic E-state index is -1.69. The Morgan fingerprint density at radius 1 is 0.971 bits per heavy atom. The average molecular weight is 485 g/mol. The van der Waals surface area contributed by atoms with Crippen LogP contribution in [0.1, 0.15) is 25.0 Å². The van der Waals surface area contributed by atoms with Gasteiger partial charge in [-0.3, -0.25) is 24.0 Å². The van der Waals surface area contributed by atoms with Gasteiger partial charge < -0.3 is 47.7 Å². The number of carboxylic acid groups (broad SMARTS) is 2. The van der Waals surface area contributed by atoms with Gasteiger partial charge in [-0.25, -0.2) is 9.78 Å². The quantitative estimate of drug-likeness (QED) is 0.114. The Bertz CT molecular complexity index is 890. The summed E-state index contributed by atoms with van der Waals surface area (Å²) in [4.78, 5) is 77.3. The van der Waals surface area contributed by atoms with Crippen molar-refractivity contribution in [2.75, 3.05) is 6.61 Å². The fraction of sp³-hybridized carbons (Fsp3) is 0.500. The van der Waals surface area contributed by atoms with Crippen molar-refractivity contribution in [2.24, 2.45) is 11.5 Å². The van der Waals surface area contributed by atoms with Crippen molar-refractivity contribution >= 4 is 35.6 Å². The first-order valence-electron chi connectivity index (χ1n) is 9.92. The van der Waals surface area contributed by atoms with E-state index in [1.165, 1.54) is 12.5 Å². The molecule has 11 N–H and O–H groups in total. The van der Waals surface area contributed by atoms with E-state index in [-0.39, 0.29) is 6.42 Å². The predicted octanol–water partition coefficient (Wildman–Crippen LogP) is -4.45. The van der Waals surface area contributed by atoms with Crippen LogP contribution in [0.4, 0.5) is 0 Å². The standard InChI is InChI=1S/C18H27N7O9/c19-9(4-13(20)27)15(30)24-11(3-8-5-21-7-22-8)17(32)23-10(1-2-14(28)29)16(31)25-12(6-26)18(33)34/h5,7,9-12,26H,1-4,6,19H2,(H2,20,27)(H,21,22)(H,23,32)(H,24,30)(H,25,31)(H,28,29)(H,33,34). The zero-order valence-electron chi connectivity index (χ0n) is 17.9. The number of carboxylic acids is 2. The Morgan fingerprint density at radius 3 is 2.06 bits per heavy atom. The van der Waals surface area contributed by atoms with Crippen LogP contribution in [0.3, 0.4) is 0 Å². The minimum absolute atomic E-state index is 0.150. The van der Waals surface area contributed by atoms with Gasteiger partial charge in [-0.2, -0.15) is 0 Å². The molecule has 1 rings (SSSR count). The summed E-state index contributed by atoms with van der Waals surface area (Å²) in [6, 6.07) is -5.91. The van der Waals surface area contributed by atoms with Crippen LogP contribution in [0.2, 0.25) is 0 Å². The topological polar surface area (TPSA) is 280 Å². The fourth-order valence-electron chi connectivity index (χ4n) is 2.68. The third-order valence-electron chi connectivity index (χ3n) is 4.45. The van der Waals surface area contributed by atoms with E-state index < -0.39 is 85.6 Å². The number of nitrogens with zero attached hydrogens (tertiary/aromatic N) is 1. The molecule has 0 bridgehead atoms. The number of aliphatic carboxylic acids is 2. The summed E-state index contributed by atoms with van der Waals surface area (Å²) in [5, 5.41) is 33.6. The van der Waals surface area contributed by atoms with Crippen molar-refractivity contribution in [2.45, 2.75) is 49.9 Å². The Morgan fingerprint density at radius 2 is 1.56 bits per heavy atom. The lowest BCUT2D eigenvalue weighted by Gasteiger charge is -2.24. The van der Waals surface area contributed by atoms with Gasteiger partial charge in [-0.1, -0.05) is 0 Å². The minimum Gasteiger partial charge on any atom is -0.481 e. The van der Waals surface area contributed by atoms with E-state index in [0.29, 0.717) is 5.69 Å².